The van der Waals surface area contributed by atoms with Crippen LogP contribution in [0.2, 0.25) is 0 Å². The van der Waals surface area contributed by atoms with E-state index in [0.29, 0.717) is 22.6 Å². The standard InChI is InChI=1S/C22H21N3O4S/c1-3-12-24-20-16(29-2)8-5-9-17(20)30-22(24)23-21(28)14-6-4-7-15(13-14)25-18(26)10-11-19(25)27/h4-9,13H,3,10-12H2,1-2H3. The summed E-state index contributed by atoms with van der Waals surface area (Å²) in [4.78, 5) is 43.1. The molecule has 30 heavy (non-hydrogen) atoms. The largest absolute Gasteiger partial charge is 0.495 e. The van der Waals surface area contributed by atoms with Gasteiger partial charge in [-0.15, -0.1) is 0 Å². The van der Waals surface area contributed by atoms with Crippen molar-refractivity contribution in [1.82, 2.24) is 4.57 Å². The molecule has 0 atom stereocenters. The maximum atomic E-state index is 12.9. The summed E-state index contributed by atoms with van der Waals surface area (Å²) in [6, 6.07) is 12.3. The third-order valence-electron chi connectivity index (χ3n) is 4.93. The van der Waals surface area contributed by atoms with Crippen LogP contribution in [0.15, 0.2) is 47.5 Å². The van der Waals surface area contributed by atoms with Crippen molar-refractivity contribution in [3.05, 3.63) is 52.8 Å². The number of thiazole rings is 1. The van der Waals surface area contributed by atoms with Crippen molar-refractivity contribution in [2.24, 2.45) is 4.99 Å². The van der Waals surface area contributed by atoms with Crippen molar-refractivity contribution in [3.63, 3.8) is 0 Å². The van der Waals surface area contributed by atoms with Crippen molar-refractivity contribution in [1.29, 1.82) is 0 Å². The number of para-hydroxylation sites is 1. The van der Waals surface area contributed by atoms with E-state index in [0.717, 1.165) is 27.3 Å². The van der Waals surface area contributed by atoms with E-state index >= 15 is 0 Å². The predicted molar refractivity (Wildman–Crippen MR) is 115 cm³/mol. The fourth-order valence-electron chi connectivity index (χ4n) is 3.57. The molecule has 0 spiro atoms. The number of nitrogens with zero attached hydrogens (tertiary/aromatic N) is 3. The number of aryl methyl sites for hydroxylation is 1. The number of anilines is 1. The summed E-state index contributed by atoms with van der Waals surface area (Å²) >= 11 is 1.42. The molecule has 1 fully saturated rings. The van der Waals surface area contributed by atoms with E-state index in [2.05, 4.69) is 11.9 Å². The second-order valence-corrected chi connectivity index (χ2v) is 7.94. The summed E-state index contributed by atoms with van der Waals surface area (Å²) in [6.45, 7) is 2.76. The first-order valence-electron chi connectivity index (χ1n) is 9.74. The summed E-state index contributed by atoms with van der Waals surface area (Å²) in [5, 5.41) is 0. The number of hydrogen-bond donors (Lipinski definition) is 0. The van der Waals surface area contributed by atoms with Crippen molar-refractivity contribution in [2.45, 2.75) is 32.7 Å². The average molecular weight is 423 g/mol. The molecular weight excluding hydrogens is 402 g/mol. The molecule has 3 aromatic rings. The van der Waals surface area contributed by atoms with E-state index in [1.807, 2.05) is 22.8 Å². The molecule has 0 saturated carbocycles. The molecule has 2 heterocycles. The number of aromatic nitrogens is 1. The number of imide groups is 1. The maximum absolute atomic E-state index is 12.9. The van der Waals surface area contributed by atoms with Crippen LogP contribution in [0.5, 0.6) is 5.75 Å². The number of benzene rings is 2. The molecule has 4 rings (SSSR count). The molecule has 2 aromatic carbocycles. The van der Waals surface area contributed by atoms with Crippen LogP contribution in [-0.2, 0) is 16.1 Å². The minimum Gasteiger partial charge on any atom is -0.495 e. The molecule has 0 aliphatic carbocycles. The van der Waals surface area contributed by atoms with Crippen LogP contribution in [0.3, 0.4) is 0 Å². The van der Waals surface area contributed by atoms with E-state index in [4.69, 9.17) is 4.74 Å². The van der Waals surface area contributed by atoms with Gasteiger partial charge in [0.25, 0.3) is 5.91 Å². The Morgan fingerprint density at radius 3 is 2.57 bits per heavy atom. The molecule has 0 unspecified atom stereocenters. The highest BCUT2D eigenvalue weighted by Gasteiger charge is 2.30. The summed E-state index contributed by atoms with van der Waals surface area (Å²) in [6.07, 6.45) is 1.27. The number of carbonyl (C=O) groups is 3. The molecule has 1 saturated heterocycles. The van der Waals surface area contributed by atoms with E-state index in [1.54, 1.807) is 31.4 Å². The lowest BCUT2D eigenvalue weighted by Gasteiger charge is -2.14. The number of methoxy groups -OCH3 is 1. The topological polar surface area (TPSA) is 81.0 Å². The van der Waals surface area contributed by atoms with Crippen LogP contribution in [0.1, 0.15) is 36.5 Å². The van der Waals surface area contributed by atoms with E-state index in [1.165, 1.54) is 11.3 Å². The van der Waals surface area contributed by atoms with Crippen LogP contribution in [-0.4, -0.2) is 29.4 Å². The third kappa shape index (κ3) is 3.54. The molecule has 7 nitrogen and oxygen atoms in total. The van der Waals surface area contributed by atoms with Crippen LogP contribution in [0, 0.1) is 0 Å². The van der Waals surface area contributed by atoms with Gasteiger partial charge in [-0.05, 0) is 36.8 Å². The van der Waals surface area contributed by atoms with Gasteiger partial charge < -0.3 is 9.30 Å². The lowest BCUT2D eigenvalue weighted by molar-refractivity contribution is -0.121. The van der Waals surface area contributed by atoms with Crippen LogP contribution in [0.25, 0.3) is 10.2 Å². The SMILES string of the molecule is CCCn1c(=NC(=O)c2cccc(N3C(=O)CCC3=O)c2)sc2cccc(OC)c21. The smallest absolute Gasteiger partial charge is 0.279 e. The first-order valence-corrected chi connectivity index (χ1v) is 10.6. The number of rotatable bonds is 5. The molecule has 1 aromatic heterocycles. The minimum absolute atomic E-state index is 0.196. The van der Waals surface area contributed by atoms with Gasteiger partial charge in [0.05, 0.1) is 17.5 Å². The fraction of sp³-hybridized carbons (Fsp3) is 0.273. The van der Waals surface area contributed by atoms with Gasteiger partial charge in [-0.25, -0.2) is 0 Å². The molecule has 154 valence electrons. The predicted octanol–water partition coefficient (Wildman–Crippen LogP) is 3.52. The second kappa shape index (κ2) is 8.23. The molecule has 0 radical (unpaired) electrons. The second-order valence-electron chi connectivity index (χ2n) is 6.93. The van der Waals surface area contributed by atoms with Crippen molar-refractivity contribution in [2.75, 3.05) is 12.0 Å². The zero-order valence-electron chi connectivity index (χ0n) is 16.8. The summed E-state index contributed by atoms with van der Waals surface area (Å²) in [7, 11) is 1.62. The maximum Gasteiger partial charge on any atom is 0.279 e. The van der Waals surface area contributed by atoms with Gasteiger partial charge in [-0.1, -0.05) is 30.4 Å². The molecule has 3 amide bonds. The minimum atomic E-state index is -0.425. The molecule has 1 aliphatic heterocycles. The van der Waals surface area contributed by atoms with Crippen LogP contribution < -0.4 is 14.4 Å². The van der Waals surface area contributed by atoms with Gasteiger partial charge in [0.1, 0.15) is 11.3 Å². The number of amides is 3. The lowest BCUT2D eigenvalue weighted by atomic mass is 10.2. The van der Waals surface area contributed by atoms with E-state index in [9.17, 15) is 14.4 Å². The highest BCUT2D eigenvalue weighted by atomic mass is 32.1. The van der Waals surface area contributed by atoms with Gasteiger partial charge in [-0.2, -0.15) is 4.99 Å². The number of ether oxygens (including phenoxy) is 1. The number of hydrogen-bond acceptors (Lipinski definition) is 5. The molecule has 1 aliphatic rings. The first-order chi connectivity index (χ1) is 14.5. The Hall–Kier alpha value is -3.26. The lowest BCUT2D eigenvalue weighted by Crippen LogP contribution is -2.28. The van der Waals surface area contributed by atoms with Crippen molar-refractivity contribution < 1.29 is 19.1 Å². The Labute approximate surface area is 177 Å². The highest BCUT2D eigenvalue weighted by molar-refractivity contribution is 7.16. The zero-order chi connectivity index (χ0) is 21.3. The molecule has 0 N–H and O–H groups in total. The molecular formula is C22H21N3O4S. The average Bonchev–Trinajstić information content (AvgIpc) is 3.27. The Bertz CT molecular complexity index is 1210. The Balaban J connectivity index is 1.77. The summed E-state index contributed by atoms with van der Waals surface area (Å²) in [5.41, 5.74) is 1.65. The monoisotopic (exact) mass is 423 g/mol. The summed E-state index contributed by atoms with van der Waals surface area (Å²) in [5.74, 6) is -0.191. The Morgan fingerprint density at radius 1 is 1.13 bits per heavy atom. The normalized spacial score (nSPS) is 14.7. The highest BCUT2D eigenvalue weighted by Crippen LogP contribution is 2.28. The van der Waals surface area contributed by atoms with E-state index in [-0.39, 0.29) is 24.7 Å². The fourth-order valence-corrected chi connectivity index (χ4v) is 4.64. The Kier molecular flexibility index (Phi) is 5.50. The van der Waals surface area contributed by atoms with Crippen LogP contribution in [0.4, 0.5) is 5.69 Å². The van der Waals surface area contributed by atoms with Gasteiger partial charge in [-0.3, -0.25) is 19.3 Å². The summed E-state index contributed by atoms with van der Waals surface area (Å²) < 4.78 is 8.48. The van der Waals surface area contributed by atoms with Crippen LogP contribution >= 0.6 is 11.3 Å². The quantitative estimate of drug-likeness (QED) is 0.588. The zero-order valence-corrected chi connectivity index (χ0v) is 17.6. The first kappa shape index (κ1) is 20.0. The van der Waals surface area contributed by atoms with Gasteiger partial charge in [0.15, 0.2) is 4.80 Å². The van der Waals surface area contributed by atoms with E-state index < -0.39 is 5.91 Å². The van der Waals surface area contributed by atoms with Gasteiger partial charge in [0.2, 0.25) is 11.8 Å². The van der Waals surface area contributed by atoms with Gasteiger partial charge in [0, 0.05) is 24.9 Å². The Morgan fingerprint density at radius 2 is 1.87 bits per heavy atom. The third-order valence-corrected chi connectivity index (χ3v) is 5.97. The molecule has 0 bridgehead atoms. The number of carbonyl (C=O) groups excluding carboxylic acids is 3. The van der Waals surface area contributed by atoms with Crippen molar-refractivity contribution >= 4 is 45.0 Å². The van der Waals surface area contributed by atoms with Gasteiger partial charge >= 0.3 is 0 Å². The molecule has 8 heteroatoms. The number of fused-ring (bicyclic) bond motifs is 1. The van der Waals surface area contributed by atoms with Crippen molar-refractivity contribution in [3.8, 4) is 5.75 Å².